The molecule has 5 rings (SSSR count). The molecule has 1 aromatic carbocycles. The quantitative estimate of drug-likeness (QED) is 0.570. The first kappa shape index (κ1) is 17.1. The fourth-order valence-electron chi connectivity index (χ4n) is 6.61. The second-order valence-electron chi connectivity index (χ2n) is 9.31. The minimum Gasteiger partial charge on any atom is -0.507 e. The van der Waals surface area contributed by atoms with Gasteiger partial charge in [0.15, 0.2) is 0 Å². The third-order valence-electron chi connectivity index (χ3n) is 6.47. The molecule has 5 heteroatoms. The van der Waals surface area contributed by atoms with E-state index in [1.807, 2.05) is 0 Å². The van der Waals surface area contributed by atoms with Crippen molar-refractivity contribution >= 4 is 28.1 Å². The number of carbonyl (C=O) groups is 1. The first-order valence-corrected chi connectivity index (χ1v) is 9.82. The zero-order valence-corrected chi connectivity index (χ0v) is 16.4. The monoisotopic (exact) mass is 404 g/mol. The highest BCUT2D eigenvalue weighted by Crippen LogP contribution is 2.69. The summed E-state index contributed by atoms with van der Waals surface area (Å²) < 4.78 is 0.861. The average Bonchev–Trinajstić information content (AvgIpc) is 2.47. The number of halogens is 1. The number of amides is 1. The largest absolute Gasteiger partial charge is 0.507 e. The topological polar surface area (TPSA) is 61.7 Å². The summed E-state index contributed by atoms with van der Waals surface area (Å²) in [5.41, 5.74) is 3.70. The van der Waals surface area contributed by atoms with Crippen molar-refractivity contribution in [2.75, 3.05) is 0 Å². The van der Waals surface area contributed by atoms with Crippen molar-refractivity contribution < 1.29 is 9.90 Å². The Kier molecular flexibility index (Phi) is 3.80. The Labute approximate surface area is 157 Å². The number of nitrogens with one attached hydrogen (secondary N) is 1. The van der Waals surface area contributed by atoms with Crippen molar-refractivity contribution in [3.8, 4) is 5.75 Å². The Morgan fingerprint density at radius 2 is 1.92 bits per heavy atom. The predicted octanol–water partition coefficient (Wildman–Crippen LogP) is 4.60. The van der Waals surface area contributed by atoms with Gasteiger partial charge in [-0.1, -0.05) is 29.8 Å². The Morgan fingerprint density at radius 1 is 1.24 bits per heavy atom. The number of hydrogen-bond donors (Lipinski definition) is 2. The van der Waals surface area contributed by atoms with E-state index in [0.29, 0.717) is 22.3 Å². The molecule has 1 aromatic rings. The van der Waals surface area contributed by atoms with E-state index < -0.39 is 0 Å². The molecule has 2 unspecified atom stereocenters. The van der Waals surface area contributed by atoms with Gasteiger partial charge < -0.3 is 5.11 Å². The van der Waals surface area contributed by atoms with Crippen molar-refractivity contribution in [3.05, 3.63) is 28.2 Å². The molecule has 0 radical (unpaired) electrons. The molecule has 2 atom stereocenters. The van der Waals surface area contributed by atoms with Gasteiger partial charge in [-0.15, -0.1) is 0 Å². The van der Waals surface area contributed by atoms with Crippen LogP contribution in [0.3, 0.4) is 0 Å². The molecule has 4 saturated carbocycles. The molecule has 4 aliphatic carbocycles. The summed E-state index contributed by atoms with van der Waals surface area (Å²) >= 11 is 3.38. The molecule has 4 bridgehead atoms. The van der Waals surface area contributed by atoms with Gasteiger partial charge in [-0.3, -0.25) is 4.79 Å². The number of nitrogens with zero attached hydrogens (tertiary/aromatic N) is 1. The van der Waals surface area contributed by atoms with Gasteiger partial charge in [0.05, 0.1) is 11.6 Å². The van der Waals surface area contributed by atoms with Gasteiger partial charge in [-0.2, -0.15) is 5.10 Å². The minimum absolute atomic E-state index is 0.0554. The number of rotatable bonds is 3. The molecule has 2 N–H and O–H groups in total. The van der Waals surface area contributed by atoms with Crippen LogP contribution >= 0.6 is 15.9 Å². The lowest BCUT2D eigenvalue weighted by molar-refractivity contribution is -0.170. The summed E-state index contributed by atoms with van der Waals surface area (Å²) in [6.45, 7) is 4.72. The normalized spacial score (nSPS) is 39.1. The molecule has 0 heterocycles. The highest BCUT2D eigenvalue weighted by Gasteiger charge is 2.62. The van der Waals surface area contributed by atoms with Crippen LogP contribution in [0.25, 0.3) is 0 Å². The van der Waals surface area contributed by atoms with E-state index in [4.69, 9.17) is 0 Å². The smallest absolute Gasteiger partial charge is 0.246 e. The van der Waals surface area contributed by atoms with E-state index in [1.54, 1.807) is 18.2 Å². The van der Waals surface area contributed by atoms with Crippen LogP contribution in [0.4, 0.5) is 0 Å². The molecule has 134 valence electrons. The van der Waals surface area contributed by atoms with E-state index in [1.165, 1.54) is 25.5 Å². The molecule has 4 aliphatic rings. The SMILES string of the molecule is CC12CC3CC(C)(C1)CC(C(=O)NN=Cc1cc(Br)ccc1O)(C3)C2. The highest BCUT2D eigenvalue weighted by atomic mass is 79.9. The third kappa shape index (κ3) is 3.01. The Bertz CT molecular complexity index is 742. The molecule has 1 amide bonds. The van der Waals surface area contributed by atoms with Crippen LogP contribution in [0.15, 0.2) is 27.8 Å². The number of phenolic OH excluding ortho intramolecular Hbond substituents is 1. The first-order valence-electron chi connectivity index (χ1n) is 9.03. The lowest BCUT2D eigenvalue weighted by Gasteiger charge is -2.64. The zero-order valence-electron chi connectivity index (χ0n) is 14.8. The number of hydrogen-bond acceptors (Lipinski definition) is 3. The number of carbonyl (C=O) groups excluding carboxylic acids is 1. The van der Waals surface area contributed by atoms with Crippen molar-refractivity contribution in [2.24, 2.45) is 27.3 Å². The van der Waals surface area contributed by atoms with Crippen LogP contribution in [0.5, 0.6) is 5.75 Å². The number of phenols is 1. The van der Waals surface area contributed by atoms with Gasteiger partial charge in [0.2, 0.25) is 5.91 Å². The highest BCUT2D eigenvalue weighted by molar-refractivity contribution is 9.10. The number of benzene rings is 1. The van der Waals surface area contributed by atoms with Gasteiger partial charge in [0.1, 0.15) is 5.75 Å². The average molecular weight is 405 g/mol. The van der Waals surface area contributed by atoms with Gasteiger partial charge in [-0.25, -0.2) is 5.43 Å². The maximum atomic E-state index is 13.0. The third-order valence-corrected chi connectivity index (χ3v) is 6.96. The van der Waals surface area contributed by atoms with E-state index in [9.17, 15) is 9.90 Å². The van der Waals surface area contributed by atoms with Crippen LogP contribution in [0.2, 0.25) is 0 Å². The molecule has 0 aromatic heterocycles. The van der Waals surface area contributed by atoms with Crippen molar-refractivity contribution in [2.45, 2.75) is 52.4 Å². The standard InChI is InChI=1S/C20H25BrN2O2/c1-18-6-13-7-19(2,10-18)12-20(8-13,11-18)17(25)23-22-9-14-5-15(21)3-4-16(14)24/h3-5,9,13,24H,6-8,10-12H2,1-2H3,(H,23,25). The molecule has 0 saturated heterocycles. The lowest BCUT2D eigenvalue weighted by atomic mass is 9.40. The first-order chi connectivity index (χ1) is 11.7. The van der Waals surface area contributed by atoms with Crippen LogP contribution in [-0.2, 0) is 4.79 Å². The van der Waals surface area contributed by atoms with Crippen molar-refractivity contribution in [1.29, 1.82) is 0 Å². The van der Waals surface area contributed by atoms with E-state index in [2.05, 4.69) is 40.3 Å². The van der Waals surface area contributed by atoms with Gasteiger partial charge in [0.25, 0.3) is 0 Å². The maximum Gasteiger partial charge on any atom is 0.246 e. The molecule has 4 fully saturated rings. The Balaban J connectivity index is 1.51. The van der Waals surface area contributed by atoms with Crippen LogP contribution in [0, 0.1) is 22.2 Å². The van der Waals surface area contributed by atoms with Crippen LogP contribution < -0.4 is 5.43 Å². The molecular weight excluding hydrogens is 380 g/mol. The van der Waals surface area contributed by atoms with Gasteiger partial charge >= 0.3 is 0 Å². The van der Waals surface area contributed by atoms with Gasteiger partial charge in [0, 0.05) is 10.0 Å². The lowest BCUT2D eigenvalue weighted by Crippen LogP contribution is -2.59. The Morgan fingerprint density at radius 3 is 2.56 bits per heavy atom. The second kappa shape index (κ2) is 5.57. The van der Waals surface area contributed by atoms with Crippen LogP contribution in [0.1, 0.15) is 57.9 Å². The van der Waals surface area contributed by atoms with E-state index >= 15 is 0 Å². The summed E-state index contributed by atoms with van der Waals surface area (Å²) in [7, 11) is 0. The summed E-state index contributed by atoms with van der Waals surface area (Å²) in [5.74, 6) is 0.880. The molecular formula is C20H25BrN2O2. The summed E-state index contributed by atoms with van der Waals surface area (Å²) in [6, 6.07) is 5.15. The fraction of sp³-hybridized carbons (Fsp3) is 0.600. The Hall–Kier alpha value is -1.36. The zero-order chi connectivity index (χ0) is 17.9. The fourth-order valence-corrected chi connectivity index (χ4v) is 6.99. The number of hydrazone groups is 1. The minimum atomic E-state index is -0.264. The van der Waals surface area contributed by atoms with E-state index in [0.717, 1.165) is 23.7 Å². The summed E-state index contributed by atoms with van der Waals surface area (Å²) in [6.07, 6.45) is 8.27. The predicted molar refractivity (Wildman–Crippen MR) is 101 cm³/mol. The second-order valence-corrected chi connectivity index (χ2v) is 10.2. The number of aromatic hydroxyl groups is 1. The maximum absolute atomic E-state index is 13.0. The van der Waals surface area contributed by atoms with Gasteiger partial charge in [-0.05, 0) is 73.5 Å². The van der Waals surface area contributed by atoms with Crippen LogP contribution in [-0.4, -0.2) is 17.2 Å². The molecule has 0 spiro atoms. The van der Waals surface area contributed by atoms with Crippen molar-refractivity contribution in [1.82, 2.24) is 5.43 Å². The summed E-state index contributed by atoms with van der Waals surface area (Å²) in [5, 5.41) is 14.0. The molecule has 4 nitrogen and oxygen atoms in total. The van der Waals surface area contributed by atoms with Crippen molar-refractivity contribution in [3.63, 3.8) is 0 Å². The summed E-state index contributed by atoms with van der Waals surface area (Å²) in [4.78, 5) is 13.0. The van der Waals surface area contributed by atoms with E-state index in [-0.39, 0.29) is 17.1 Å². The molecule has 0 aliphatic heterocycles. The molecule has 25 heavy (non-hydrogen) atoms.